The van der Waals surface area contributed by atoms with Gasteiger partial charge in [0.25, 0.3) is 0 Å². The Balaban J connectivity index is 2.03. The van der Waals surface area contributed by atoms with E-state index in [2.05, 4.69) is 19.2 Å². The first-order valence-corrected chi connectivity index (χ1v) is 6.02. The van der Waals surface area contributed by atoms with Gasteiger partial charge in [-0.2, -0.15) is 0 Å². The number of carbonyl (C=O) groups excluding carboxylic acids is 1. The quantitative estimate of drug-likeness (QED) is 0.747. The van der Waals surface area contributed by atoms with Gasteiger partial charge in [-0.1, -0.05) is 13.8 Å². The van der Waals surface area contributed by atoms with Crippen molar-refractivity contribution in [2.24, 2.45) is 5.41 Å². The molecule has 1 amide bonds. The van der Waals surface area contributed by atoms with E-state index in [9.17, 15) is 4.79 Å². The summed E-state index contributed by atoms with van der Waals surface area (Å²) in [4.78, 5) is 14.2. The molecule has 0 aromatic carbocycles. The molecule has 2 aliphatic rings. The van der Waals surface area contributed by atoms with Crippen molar-refractivity contribution in [2.45, 2.75) is 51.6 Å². The van der Waals surface area contributed by atoms with Gasteiger partial charge in [0.1, 0.15) is 0 Å². The minimum atomic E-state index is 0.0249. The number of likely N-dealkylation sites (N-methyl/N-ethyl adjacent to an activating group) is 1. The molecule has 1 atom stereocenters. The van der Waals surface area contributed by atoms with Gasteiger partial charge in [0, 0.05) is 13.1 Å². The van der Waals surface area contributed by atoms with Gasteiger partial charge in [-0.25, -0.2) is 0 Å². The van der Waals surface area contributed by atoms with Crippen LogP contribution in [-0.2, 0) is 4.79 Å². The average Bonchev–Trinajstić information content (AvgIpc) is 2.98. The predicted molar refractivity (Wildman–Crippen MR) is 60.6 cm³/mol. The van der Waals surface area contributed by atoms with Crippen LogP contribution < -0.4 is 5.32 Å². The second-order valence-corrected chi connectivity index (χ2v) is 5.66. The molecule has 1 saturated heterocycles. The van der Waals surface area contributed by atoms with E-state index in [1.54, 1.807) is 0 Å². The summed E-state index contributed by atoms with van der Waals surface area (Å²) >= 11 is 0. The molecule has 1 aliphatic heterocycles. The topological polar surface area (TPSA) is 32.3 Å². The van der Waals surface area contributed by atoms with Crippen LogP contribution in [0.2, 0.25) is 0 Å². The molecule has 2 fully saturated rings. The molecule has 0 aromatic heterocycles. The van der Waals surface area contributed by atoms with E-state index >= 15 is 0 Å². The van der Waals surface area contributed by atoms with E-state index in [0.29, 0.717) is 11.9 Å². The molecule has 0 spiro atoms. The first-order valence-electron chi connectivity index (χ1n) is 6.02. The number of piperidine rings is 1. The van der Waals surface area contributed by atoms with Crippen LogP contribution in [0, 0.1) is 5.41 Å². The van der Waals surface area contributed by atoms with E-state index in [4.69, 9.17) is 0 Å². The fourth-order valence-electron chi connectivity index (χ4n) is 2.48. The number of hydrogen-bond acceptors (Lipinski definition) is 2. The highest BCUT2D eigenvalue weighted by Gasteiger charge is 2.41. The molecule has 1 unspecified atom stereocenters. The summed E-state index contributed by atoms with van der Waals surface area (Å²) in [6, 6.07) is 0.550. The smallest absolute Gasteiger partial charge is 0.240 e. The molecule has 86 valence electrons. The lowest BCUT2D eigenvalue weighted by Gasteiger charge is -2.40. The number of nitrogens with zero attached hydrogens (tertiary/aromatic N) is 1. The second-order valence-electron chi connectivity index (χ2n) is 5.66. The first kappa shape index (κ1) is 10.9. The van der Waals surface area contributed by atoms with E-state index in [-0.39, 0.29) is 11.5 Å². The van der Waals surface area contributed by atoms with Gasteiger partial charge in [-0.15, -0.1) is 0 Å². The number of hydrogen-bond donors (Lipinski definition) is 1. The Morgan fingerprint density at radius 1 is 1.40 bits per heavy atom. The van der Waals surface area contributed by atoms with Crippen molar-refractivity contribution >= 4 is 5.91 Å². The Kier molecular flexibility index (Phi) is 2.75. The van der Waals surface area contributed by atoms with Crippen LogP contribution in [0.15, 0.2) is 0 Å². The highest BCUT2D eigenvalue weighted by Crippen LogP contribution is 2.33. The zero-order valence-electron chi connectivity index (χ0n) is 10.0. The Morgan fingerprint density at radius 2 is 2.07 bits per heavy atom. The lowest BCUT2D eigenvalue weighted by atomic mass is 9.77. The van der Waals surface area contributed by atoms with Crippen molar-refractivity contribution in [1.82, 2.24) is 10.2 Å². The van der Waals surface area contributed by atoms with Crippen LogP contribution in [0.5, 0.6) is 0 Å². The Labute approximate surface area is 92.2 Å². The summed E-state index contributed by atoms with van der Waals surface area (Å²) in [5, 5.41) is 3.38. The van der Waals surface area contributed by atoms with Crippen LogP contribution in [0.1, 0.15) is 39.5 Å². The van der Waals surface area contributed by atoms with Crippen LogP contribution in [-0.4, -0.2) is 36.5 Å². The molecular weight excluding hydrogens is 188 g/mol. The van der Waals surface area contributed by atoms with Crippen LogP contribution >= 0.6 is 0 Å². The Hall–Kier alpha value is -0.570. The molecule has 1 aliphatic carbocycles. The van der Waals surface area contributed by atoms with E-state index in [1.165, 1.54) is 19.3 Å². The highest BCUT2D eigenvalue weighted by molar-refractivity contribution is 5.83. The minimum Gasteiger partial charge on any atom is -0.341 e. The molecule has 0 radical (unpaired) electrons. The van der Waals surface area contributed by atoms with Crippen molar-refractivity contribution in [3.8, 4) is 0 Å². The van der Waals surface area contributed by atoms with Crippen molar-refractivity contribution in [1.29, 1.82) is 0 Å². The Morgan fingerprint density at radius 3 is 2.60 bits per heavy atom. The predicted octanol–water partition coefficient (Wildman–Crippen LogP) is 1.39. The SMILES string of the molecule is CN(C(=O)C1NCCCC1(C)C)C1CC1. The number of amides is 1. The third-order valence-corrected chi connectivity index (χ3v) is 3.82. The summed E-state index contributed by atoms with van der Waals surface area (Å²) in [7, 11) is 1.95. The van der Waals surface area contributed by atoms with Gasteiger partial charge >= 0.3 is 0 Å². The molecule has 1 N–H and O–H groups in total. The molecular formula is C12H22N2O. The maximum atomic E-state index is 12.3. The third kappa shape index (κ3) is 2.17. The fraction of sp³-hybridized carbons (Fsp3) is 0.917. The maximum absolute atomic E-state index is 12.3. The van der Waals surface area contributed by atoms with Crippen LogP contribution in [0.3, 0.4) is 0 Å². The first-order chi connectivity index (χ1) is 7.02. The highest BCUT2D eigenvalue weighted by atomic mass is 16.2. The fourth-order valence-corrected chi connectivity index (χ4v) is 2.48. The Bertz CT molecular complexity index is 258. The van der Waals surface area contributed by atoms with E-state index in [0.717, 1.165) is 13.0 Å². The molecule has 0 aromatic rings. The summed E-state index contributed by atoms with van der Waals surface area (Å²) in [5.41, 5.74) is 0.110. The second kappa shape index (κ2) is 3.78. The van der Waals surface area contributed by atoms with Gasteiger partial charge in [0.05, 0.1) is 6.04 Å². The van der Waals surface area contributed by atoms with Crippen molar-refractivity contribution in [2.75, 3.05) is 13.6 Å². The summed E-state index contributed by atoms with van der Waals surface area (Å²) in [6.07, 6.45) is 4.71. The molecule has 2 rings (SSSR count). The number of rotatable bonds is 2. The number of nitrogens with one attached hydrogen (secondary N) is 1. The summed E-state index contributed by atoms with van der Waals surface area (Å²) < 4.78 is 0. The van der Waals surface area contributed by atoms with Crippen molar-refractivity contribution < 1.29 is 4.79 Å². The summed E-state index contributed by atoms with van der Waals surface area (Å²) in [5.74, 6) is 0.294. The molecule has 3 nitrogen and oxygen atoms in total. The maximum Gasteiger partial charge on any atom is 0.240 e. The zero-order valence-corrected chi connectivity index (χ0v) is 10.0. The van der Waals surface area contributed by atoms with Crippen LogP contribution in [0.4, 0.5) is 0 Å². The van der Waals surface area contributed by atoms with Gasteiger partial charge in [-0.05, 0) is 37.6 Å². The monoisotopic (exact) mass is 210 g/mol. The zero-order chi connectivity index (χ0) is 11.1. The molecule has 1 saturated carbocycles. The number of carbonyl (C=O) groups is 1. The van der Waals surface area contributed by atoms with Crippen molar-refractivity contribution in [3.05, 3.63) is 0 Å². The standard InChI is InChI=1S/C12H22N2O/c1-12(2)7-4-8-13-10(12)11(15)14(3)9-5-6-9/h9-10,13H,4-8H2,1-3H3. The van der Waals surface area contributed by atoms with E-state index < -0.39 is 0 Å². The normalized spacial score (nSPS) is 29.9. The lowest BCUT2D eigenvalue weighted by Crippen LogP contribution is -2.56. The van der Waals surface area contributed by atoms with Gasteiger partial charge < -0.3 is 10.2 Å². The molecule has 15 heavy (non-hydrogen) atoms. The van der Waals surface area contributed by atoms with Crippen LogP contribution in [0.25, 0.3) is 0 Å². The third-order valence-electron chi connectivity index (χ3n) is 3.82. The summed E-state index contributed by atoms with van der Waals surface area (Å²) in [6.45, 7) is 5.38. The largest absolute Gasteiger partial charge is 0.341 e. The van der Waals surface area contributed by atoms with Gasteiger partial charge in [0.15, 0.2) is 0 Å². The van der Waals surface area contributed by atoms with Gasteiger partial charge in [-0.3, -0.25) is 4.79 Å². The van der Waals surface area contributed by atoms with E-state index in [1.807, 2.05) is 11.9 Å². The molecule has 0 bridgehead atoms. The average molecular weight is 210 g/mol. The minimum absolute atomic E-state index is 0.0249. The van der Waals surface area contributed by atoms with Crippen molar-refractivity contribution in [3.63, 3.8) is 0 Å². The van der Waals surface area contributed by atoms with Gasteiger partial charge in [0.2, 0.25) is 5.91 Å². The molecule has 1 heterocycles. The lowest BCUT2D eigenvalue weighted by molar-refractivity contribution is -0.136. The molecule has 3 heteroatoms.